The first-order valence-electron chi connectivity index (χ1n) is 6.06. The van der Waals surface area contributed by atoms with Crippen molar-refractivity contribution < 1.29 is 13.6 Å². The molecule has 0 aliphatic carbocycles. The number of carbonyl (C=O) groups excluding carboxylic acids is 1. The maximum Gasteiger partial charge on any atom is 0.277 e. The fraction of sp³-hybridized carbons (Fsp3) is 0.308. The summed E-state index contributed by atoms with van der Waals surface area (Å²) in [5.74, 6) is 0.0972. The molecule has 1 aromatic carbocycles. The summed E-state index contributed by atoms with van der Waals surface area (Å²) in [6, 6.07) is 5.86. The van der Waals surface area contributed by atoms with Gasteiger partial charge in [-0.1, -0.05) is 11.8 Å². The molecule has 7 heteroatoms. The molecule has 2 rings (SSSR count). The molecular formula is C13H14FN3O2S. The summed E-state index contributed by atoms with van der Waals surface area (Å²) < 4.78 is 18.2. The van der Waals surface area contributed by atoms with E-state index in [-0.39, 0.29) is 23.5 Å². The van der Waals surface area contributed by atoms with Crippen molar-refractivity contribution in [1.29, 1.82) is 0 Å². The maximum atomic E-state index is 12.8. The number of nitrogens with one attached hydrogen (secondary N) is 1. The van der Waals surface area contributed by atoms with Gasteiger partial charge in [0, 0.05) is 11.6 Å². The molecule has 2 aromatic rings. The van der Waals surface area contributed by atoms with Gasteiger partial charge in [0.05, 0.1) is 5.75 Å². The Balaban J connectivity index is 1.95. The Morgan fingerprint density at radius 3 is 2.70 bits per heavy atom. The van der Waals surface area contributed by atoms with E-state index in [1.165, 1.54) is 12.1 Å². The highest BCUT2D eigenvalue weighted by molar-refractivity contribution is 7.99. The SMILES string of the molecule is CC(C)NC(=O)CSc1nnc(-c2ccc(F)cc2)o1. The van der Waals surface area contributed by atoms with Crippen LogP contribution in [0.2, 0.25) is 0 Å². The molecule has 5 nitrogen and oxygen atoms in total. The minimum atomic E-state index is -0.326. The molecule has 1 amide bonds. The van der Waals surface area contributed by atoms with Gasteiger partial charge in [0.15, 0.2) is 0 Å². The summed E-state index contributed by atoms with van der Waals surface area (Å²) in [6.45, 7) is 3.78. The molecular weight excluding hydrogens is 281 g/mol. The van der Waals surface area contributed by atoms with Crippen LogP contribution in [0.4, 0.5) is 4.39 Å². The molecule has 0 bridgehead atoms. The van der Waals surface area contributed by atoms with Crippen molar-refractivity contribution in [3.8, 4) is 11.5 Å². The Morgan fingerprint density at radius 1 is 1.35 bits per heavy atom. The lowest BCUT2D eigenvalue weighted by atomic mass is 10.2. The lowest BCUT2D eigenvalue weighted by Crippen LogP contribution is -2.31. The van der Waals surface area contributed by atoms with Gasteiger partial charge in [-0.25, -0.2) is 4.39 Å². The van der Waals surface area contributed by atoms with Crippen molar-refractivity contribution in [3.63, 3.8) is 0 Å². The number of aromatic nitrogens is 2. The first-order valence-corrected chi connectivity index (χ1v) is 7.05. The highest BCUT2D eigenvalue weighted by atomic mass is 32.2. The van der Waals surface area contributed by atoms with E-state index in [0.717, 1.165) is 11.8 Å². The number of rotatable bonds is 5. The van der Waals surface area contributed by atoms with E-state index in [4.69, 9.17) is 4.42 Å². The minimum Gasteiger partial charge on any atom is -0.411 e. The van der Waals surface area contributed by atoms with Crippen molar-refractivity contribution in [2.24, 2.45) is 0 Å². The number of benzene rings is 1. The Hall–Kier alpha value is -1.89. The number of amides is 1. The Kier molecular flexibility index (Phi) is 4.73. The van der Waals surface area contributed by atoms with Gasteiger partial charge in [0.1, 0.15) is 5.82 Å². The quantitative estimate of drug-likeness (QED) is 0.858. The molecule has 0 aliphatic rings. The summed E-state index contributed by atoms with van der Waals surface area (Å²) in [5.41, 5.74) is 0.636. The molecule has 0 fully saturated rings. The zero-order chi connectivity index (χ0) is 14.5. The molecule has 0 aliphatic heterocycles. The number of hydrogen-bond donors (Lipinski definition) is 1. The summed E-state index contributed by atoms with van der Waals surface area (Å²) in [5, 5.41) is 10.8. The normalized spacial score (nSPS) is 10.8. The Labute approximate surface area is 120 Å². The third-order valence-corrected chi connectivity index (χ3v) is 3.09. The molecule has 1 N–H and O–H groups in total. The van der Waals surface area contributed by atoms with Crippen LogP contribution in [0.5, 0.6) is 0 Å². The standard InChI is InChI=1S/C13H14FN3O2S/c1-8(2)15-11(18)7-20-13-17-16-12(19-13)9-3-5-10(14)6-4-9/h3-6,8H,7H2,1-2H3,(H,15,18). The fourth-order valence-electron chi connectivity index (χ4n) is 1.47. The second-order valence-electron chi connectivity index (χ2n) is 4.39. The summed E-state index contributed by atoms with van der Waals surface area (Å²) in [6.07, 6.45) is 0. The highest BCUT2D eigenvalue weighted by Crippen LogP contribution is 2.23. The van der Waals surface area contributed by atoms with Crippen LogP contribution in [0, 0.1) is 5.82 Å². The lowest BCUT2D eigenvalue weighted by Gasteiger charge is -2.06. The molecule has 106 valence electrons. The van der Waals surface area contributed by atoms with E-state index in [1.54, 1.807) is 12.1 Å². The van der Waals surface area contributed by atoms with Crippen molar-refractivity contribution in [2.75, 3.05) is 5.75 Å². The van der Waals surface area contributed by atoms with E-state index in [1.807, 2.05) is 13.8 Å². The van der Waals surface area contributed by atoms with Crippen LogP contribution >= 0.6 is 11.8 Å². The minimum absolute atomic E-state index is 0.0912. The lowest BCUT2D eigenvalue weighted by molar-refractivity contribution is -0.119. The van der Waals surface area contributed by atoms with Gasteiger partial charge in [-0.2, -0.15) is 0 Å². The smallest absolute Gasteiger partial charge is 0.277 e. The summed E-state index contributed by atoms with van der Waals surface area (Å²) >= 11 is 1.16. The van der Waals surface area contributed by atoms with Crippen molar-refractivity contribution in [1.82, 2.24) is 15.5 Å². The van der Waals surface area contributed by atoms with Crippen LogP contribution in [0.15, 0.2) is 33.9 Å². The largest absolute Gasteiger partial charge is 0.411 e. The summed E-state index contributed by atoms with van der Waals surface area (Å²) in [4.78, 5) is 11.5. The Morgan fingerprint density at radius 2 is 2.05 bits per heavy atom. The van der Waals surface area contributed by atoms with Gasteiger partial charge in [-0.05, 0) is 38.1 Å². The average Bonchev–Trinajstić information content (AvgIpc) is 2.85. The van der Waals surface area contributed by atoms with E-state index in [9.17, 15) is 9.18 Å². The second kappa shape index (κ2) is 6.51. The number of carbonyl (C=O) groups is 1. The van der Waals surface area contributed by atoms with E-state index < -0.39 is 0 Å². The second-order valence-corrected chi connectivity index (χ2v) is 5.32. The molecule has 0 spiro atoms. The fourth-order valence-corrected chi connectivity index (χ4v) is 2.04. The van der Waals surface area contributed by atoms with Gasteiger partial charge in [0.2, 0.25) is 11.8 Å². The topological polar surface area (TPSA) is 68.0 Å². The number of hydrogen-bond acceptors (Lipinski definition) is 5. The van der Waals surface area contributed by atoms with Crippen LogP contribution in [-0.4, -0.2) is 27.9 Å². The van der Waals surface area contributed by atoms with Crippen LogP contribution in [0.1, 0.15) is 13.8 Å². The van der Waals surface area contributed by atoms with Crippen LogP contribution in [0.25, 0.3) is 11.5 Å². The number of nitrogens with zero attached hydrogens (tertiary/aromatic N) is 2. The molecule has 0 radical (unpaired) electrons. The molecule has 20 heavy (non-hydrogen) atoms. The zero-order valence-electron chi connectivity index (χ0n) is 11.1. The van der Waals surface area contributed by atoms with Crippen LogP contribution in [-0.2, 0) is 4.79 Å². The predicted octanol–water partition coefficient (Wildman–Crippen LogP) is 2.49. The highest BCUT2D eigenvalue weighted by Gasteiger charge is 2.11. The van der Waals surface area contributed by atoms with Gasteiger partial charge in [0.25, 0.3) is 5.22 Å². The zero-order valence-corrected chi connectivity index (χ0v) is 11.9. The molecule has 0 saturated heterocycles. The molecule has 1 aromatic heterocycles. The average molecular weight is 295 g/mol. The van der Waals surface area contributed by atoms with Crippen LogP contribution < -0.4 is 5.32 Å². The maximum absolute atomic E-state index is 12.8. The van der Waals surface area contributed by atoms with Gasteiger partial charge < -0.3 is 9.73 Å². The Bertz CT molecular complexity index is 584. The van der Waals surface area contributed by atoms with Gasteiger partial charge >= 0.3 is 0 Å². The number of halogens is 1. The molecule has 0 atom stereocenters. The number of thioether (sulfide) groups is 1. The van der Waals surface area contributed by atoms with Crippen molar-refractivity contribution in [2.45, 2.75) is 25.1 Å². The predicted molar refractivity (Wildman–Crippen MR) is 73.7 cm³/mol. The monoisotopic (exact) mass is 295 g/mol. The van der Waals surface area contributed by atoms with Gasteiger partial charge in [-0.15, -0.1) is 10.2 Å². The van der Waals surface area contributed by atoms with E-state index >= 15 is 0 Å². The molecule has 0 unspecified atom stereocenters. The third-order valence-electron chi connectivity index (χ3n) is 2.27. The third kappa shape index (κ3) is 4.06. The summed E-state index contributed by atoms with van der Waals surface area (Å²) in [7, 11) is 0. The van der Waals surface area contributed by atoms with Gasteiger partial charge in [-0.3, -0.25) is 4.79 Å². The van der Waals surface area contributed by atoms with Crippen molar-refractivity contribution in [3.05, 3.63) is 30.1 Å². The molecule has 0 saturated carbocycles. The molecule has 1 heterocycles. The van der Waals surface area contributed by atoms with E-state index in [2.05, 4.69) is 15.5 Å². The first kappa shape index (κ1) is 14.5. The van der Waals surface area contributed by atoms with Crippen LogP contribution in [0.3, 0.4) is 0 Å². The first-order chi connectivity index (χ1) is 9.54. The van der Waals surface area contributed by atoms with Crippen molar-refractivity contribution >= 4 is 17.7 Å². The van der Waals surface area contributed by atoms with E-state index in [0.29, 0.717) is 16.7 Å².